The van der Waals surface area contributed by atoms with Crippen LogP contribution in [0, 0.1) is 5.82 Å². The van der Waals surface area contributed by atoms with Crippen molar-refractivity contribution in [3.8, 4) is 11.3 Å². The van der Waals surface area contributed by atoms with E-state index in [1.807, 2.05) is 24.5 Å². The van der Waals surface area contributed by atoms with Crippen LogP contribution in [0.1, 0.15) is 57.3 Å². The molecule has 0 spiro atoms. The molecule has 5 heterocycles. The number of methoxy groups -OCH3 is 1. The Labute approximate surface area is 230 Å². The van der Waals surface area contributed by atoms with Crippen LogP contribution >= 0.6 is 11.6 Å². The molecule has 12 heteroatoms. The van der Waals surface area contributed by atoms with E-state index in [9.17, 15) is 9.90 Å². The van der Waals surface area contributed by atoms with Crippen LogP contribution in [0.2, 0.25) is 5.02 Å². The summed E-state index contributed by atoms with van der Waals surface area (Å²) in [5, 5.41) is 14.2. The molecule has 39 heavy (non-hydrogen) atoms. The number of carbonyl (C=O) groups excluding carboxylic acids is 1. The number of hydrogen-bond donors (Lipinski definition) is 2. The Morgan fingerprint density at radius 3 is 2.87 bits per heavy atom. The smallest absolute Gasteiger partial charge is 0.409 e. The van der Waals surface area contributed by atoms with Gasteiger partial charge in [-0.25, -0.2) is 24.1 Å². The minimum Gasteiger partial charge on any atom is -0.453 e. The van der Waals surface area contributed by atoms with Gasteiger partial charge in [-0.3, -0.25) is 0 Å². The van der Waals surface area contributed by atoms with E-state index < -0.39 is 11.9 Å². The second-order valence-corrected chi connectivity index (χ2v) is 11.3. The number of likely N-dealkylation sites (tertiary alicyclic amines) is 1. The third-order valence-corrected chi connectivity index (χ3v) is 8.34. The lowest BCUT2D eigenvalue weighted by Gasteiger charge is -2.33. The van der Waals surface area contributed by atoms with Crippen LogP contribution in [0.25, 0.3) is 22.3 Å². The summed E-state index contributed by atoms with van der Waals surface area (Å²) in [5.74, 6) is 0.530. The molecule has 1 amide bonds. The molecule has 208 valence electrons. The number of anilines is 1. The molecule has 3 aliphatic rings. The van der Waals surface area contributed by atoms with Gasteiger partial charge in [0.05, 0.1) is 47.8 Å². The van der Waals surface area contributed by atoms with Crippen molar-refractivity contribution >= 4 is 34.7 Å². The van der Waals surface area contributed by atoms with Gasteiger partial charge in [-0.2, -0.15) is 0 Å². The maximum atomic E-state index is 15.6. The van der Waals surface area contributed by atoms with E-state index in [2.05, 4.69) is 15.3 Å². The van der Waals surface area contributed by atoms with Crippen molar-refractivity contribution in [1.82, 2.24) is 24.4 Å². The number of benzene rings is 1. The van der Waals surface area contributed by atoms with Crippen LogP contribution in [0.5, 0.6) is 0 Å². The number of nitrogens with zero attached hydrogens (tertiary/aromatic N) is 5. The van der Waals surface area contributed by atoms with Crippen molar-refractivity contribution in [2.24, 2.45) is 0 Å². The number of aliphatic hydroxyl groups excluding tert-OH is 1. The predicted molar refractivity (Wildman–Crippen MR) is 143 cm³/mol. The third-order valence-electron chi connectivity index (χ3n) is 8.06. The molecule has 1 aromatic carbocycles. The fourth-order valence-corrected chi connectivity index (χ4v) is 6.39. The fourth-order valence-electron chi connectivity index (χ4n) is 6.19. The Morgan fingerprint density at radius 2 is 2.10 bits per heavy atom. The van der Waals surface area contributed by atoms with Gasteiger partial charge in [0, 0.05) is 30.6 Å². The van der Waals surface area contributed by atoms with Gasteiger partial charge in [-0.1, -0.05) is 11.6 Å². The number of aliphatic hydroxyl groups is 1. The molecule has 0 unspecified atom stereocenters. The second kappa shape index (κ2) is 10.2. The normalized spacial score (nSPS) is 26.5. The zero-order valence-corrected chi connectivity index (χ0v) is 22.9. The van der Waals surface area contributed by atoms with Gasteiger partial charge in [-0.15, -0.1) is 0 Å². The topological polar surface area (TPSA) is 115 Å². The number of nitrogens with one attached hydrogen (secondary N) is 1. The Kier molecular flexibility index (Phi) is 6.84. The largest absolute Gasteiger partial charge is 0.453 e. The molecule has 3 aromatic rings. The average molecular weight is 559 g/mol. The molecular formula is C27H32ClFN6O4. The number of fused-ring (bicyclic) bond motifs is 3. The molecule has 2 bridgehead atoms. The minimum atomic E-state index is -0.662. The Hall–Kier alpha value is -3.02. The maximum absolute atomic E-state index is 15.6. The first kappa shape index (κ1) is 26.2. The molecule has 3 aliphatic heterocycles. The van der Waals surface area contributed by atoms with Gasteiger partial charge in [0.1, 0.15) is 17.4 Å². The SMILES string of the molecule is COC(=O)N1CC[C@@H](c2nc3c(F)cc(-c4nc(N[C@H]5C[C@@H]6CC[C@@H](O6)[C@@H]5O)ncc4Cl)cc3n2C(C)C)C1. The summed E-state index contributed by atoms with van der Waals surface area (Å²) in [7, 11) is 1.37. The summed E-state index contributed by atoms with van der Waals surface area (Å²) in [6.45, 7) is 5.06. The highest BCUT2D eigenvalue weighted by molar-refractivity contribution is 6.33. The first-order chi connectivity index (χ1) is 18.7. The molecule has 3 fully saturated rings. The van der Waals surface area contributed by atoms with E-state index in [4.69, 9.17) is 26.1 Å². The van der Waals surface area contributed by atoms with Gasteiger partial charge in [0.2, 0.25) is 5.95 Å². The van der Waals surface area contributed by atoms with Crippen molar-refractivity contribution in [3.05, 3.63) is 35.0 Å². The number of halogens is 2. The van der Waals surface area contributed by atoms with Crippen molar-refractivity contribution < 1.29 is 23.8 Å². The molecule has 0 radical (unpaired) electrons. The molecular weight excluding hydrogens is 527 g/mol. The zero-order chi connectivity index (χ0) is 27.4. The third kappa shape index (κ3) is 4.70. The number of amides is 1. The van der Waals surface area contributed by atoms with Crippen LogP contribution < -0.4 is 5.32 Å². The number of rotatable bonds is 5. The molecule has 2 N–H and O–H groups in total. The minimum absolute atomic E-state index is 0.00435. The average Bonchev–Trinajstić information content (AvgIpc) is 3.65. The van der Waals surface area contributed by atoms with Crippen LogP contribution in [0.4, 0.5) is 15.1 Å². The molecule has 0 saturated carbocycles. The molecule has 10 nitrogen and oxygen atoms in total. The number of ether oxygens (including phenoxy) is 2. The number of hydrogen-bond acceptors (Lipinski definition) is 8. The van der Waals surface area contributed by atoms with Gasteiger partial charge in [-0.05, 0) is 51.7 Å². The summed E-state index contributed by atoms with van der Waals surface area (Å²) >= 11 is 6.52. The van der Waals surface area contributed by atoms with Gasteiger partial charge in [0.15, 0.2) is 5.82 Å². The fraction of sp³-hybridized carbons (Fsp3) is 0.556. The summed E-state index contributed by atoms with van der Waals surface area (Å²) in [4.78, 5) is 27.3. The zero-order valence-electron chi connectivity index (χ0n) is 22.1. The second-order valence-electron chi connectivity index (χ2n) is 10.9. The van der Waals surface area contributed by atoms with E-state index in [1.165, 1.54) is 19.4 Å². The summed E-state index contributed by atoms with van der Waals surface area (Å²) < 4.78 is 28.3. The van der Waals surface area contributed by atoms with Crippen LogP contribution in [0.3, 0.4) is 0 Å². The first-order valence-corrected chi connectivity index (χ1v) is 13.8. The van der Waals surface area contributed by atoms with E-state index in [0.29, 0.717) is 48.7 Å². The lowest BCUT2D eigenvalue weighted by Crippen LogP contribution is -2.47. The van der Waals surface area contributed by atoms with Crippen LogP contribution in [-0.4, -0.2) is 80.2 Å². The highest BCUT2D eigenvalue weighted by atomic mass is 35.5. The Bertz CT molecular complexity index is 1420. The molecule has 3 saturated heterocycles. The summed E-state index contributed by atoms with van der Waals surface area (Å²) in [5.41, 5.74) is 1.78. The monoisotopic (exact) mass is 558 g/mol. The number of aromatic nitrogens is 4. The summed E-state index contributed by atoms with van der Waals surface area (Å²) in [6, 6.07) is 2.99. The molecule has 5 atom stereocenters. The highest BCUT2D eigenvalue weighted by Crippen LogP contribution is 2.37. The molecule has 6 rings (SSSR count). The van der Waals surface area contributed by atoms with Gasteiger partial charge < -0.3 is 29.4 Å². The number of imidazole rings is 1. The molecule has 0 aliphatic carbocycles. The quantitative estimate of drug-likeness (QED) is 0.470. The van der Waals surface area contributed by atoms with E-state index in [-0.39, 0.29) is 46.8 Å². The summed E-state index contributed by atoms with van der Waals surface area (Å²) in [6.07, 6.45) is 3.52. The van der Waals surface area contributed by atoms with E-state index in [1.54, 1.807) is 4.90 Å². The first-order valence-electron chi connectivity index (χ1n) is 13.4. The van der Waals surface area contributed by atoms with Crippen molar-refractivity contribution in [1.29, 1.82) is 0 Å². The van der Waals surface area contributed by atoms with Crippen molar-refractivity contribution in [3.63, 3.8) is 0 Å². The maximum Gasteiger partial charge on any atom is 0.409 e. The number of carbonyl (C=O) groups is 1. The van der Waals surface area contributed by atoms with Gasteiger partial charge in [0.25, 0.3) is 0 Å². The lowest BCUT2D eigenvalue weighted by molar-refractivity contribution is -0.0811. The van der Waals surface area contributed by atoms with Gasteiger partial charge >= 0.3 is 6.09 Å². The van der Waals surface area contributed by atoms with E-state index >= 15 is 4.39 Å². The van der Waals surface area contributed by atoms with Crippen LogP contribution in [-0.2, 0) is 9.47 Å². The van der Waals surface area contributed by atoms with Crippen molar-refractivity contribution in [2.45, 2.75) is 75.8 Å². The molecule has 2 aromatic heterocycles. The van der Waals surface area contributed by atoms with Crippen molar-refractivity contribution in [2.75, 3.05) is 25.5 Å². The standard InChI is InChI=1S/C27H32ClFN6O4/c1-13(2)35-20-9-15(8-18(29)23(20)32-25(35)14-6-7-34(12-14)27(37)38-3)22-17(28)11-30-26(33-22)31-19-10-16-4-5-21(39-16)24(19)36/h8-9,11,13-14,16,19,21,24,36H,4-7,10,12H2,1-3H3,(H,30,31,33)/t14-,16+,19+,21-,24-/m1/s1. The lowest BCUT2D eigenvalue weighted by atomic mass is 10.0. The highest BCUT2D eigenvalue weighted by Gasteiger charge is 2.42. The van der Waals surface area contributed by atoms with Crippen LogP contribution in [0.15, 0.2) is 18.3 Å². The predicted octanol–water partition coefficient (Wildman–Crippen LogP) is 4.52. The Balaban J connectivity index is 1.35. The Morgan fingerprint density at radius 1 is 1.28 bits per heavy atom. The van der Waals surface area contributed by atoms with E-state index in [0.717, 1.165) is 18.7 Å².